The molecule has 1 saturated carbocycles. The summed E-state index contributed by atoms with van der Waals surface area (Å²) in [6, 6.07) is 4.21. The third-order valence-electron chi connectivity index (χ3n) is 3.19. The molecule has 0 saturated heterocycles. The lowest BCUT2D eigenvalue weighted by Crippen LogP contribution is -2.35. The first-order chi connectivity index (χ1) is 9.58. The van der Waals surface area contributed by atoms with Crippen molar-refractivity contribution in [2.45, 2.75) is 18.9 Å². The molecule has 0 unspecified atom stereocenters. The van der Waals surface area contributed by atoms with Crippen molar-refractivity contribution in [3.63, 3.8) is 0 Å². The van der Waals surface area contributed by atoms with Gasteiger partial charge in [0.05, 0.1) is 11.5 Å². The number of nitro groups is 1. The van der Waals surface area contributed by atoms with Gasteiger partial charge in [0, 0.05) is 24.2 Å². The molecule has 1 aliphatic rings. The lowest BCUT2D eigenvalue weighted by atomic mass is 10.1. The molecule has 1 amide bonds. The van der Waals surface area contributed by atoms with E-state index in [4.69, 9.17) is 10.9 Å². The van der Waals surface area contributed by atoms with Crippen LogP contribution in [0.2, 0.25) is 0 Å². The van der Waals surface area contributed by atoms with Crippen LogP contribution in [0.25, 0.3) is 0 Å². The van der Waals surface area contributed by atoms with Gasteiger partial charge >= 0.3 is 0 Å². The summed E-state index contributed by atoms with van der Waals surface area (Å²) in [5, 5.41) is 19.9. The summed E-state index contributed by atoms with van der Waals surface area (Å²) < 4.78 is 0. The highest BCUT2D eigenvalue weighted by Crippen LogP contribution is 2.30. The fourth-order valence-electron chi connectivity index (χ4n) is 2.05. The fraction of sp³-hybridized carbons (Fsp3) is 0.417. The monoisotopic (exact) mass is 280 g/mol. The Hall–Kier alpha value is -2.19. The van der Waals surface area contributed by atoms with E-state index < -0.39 is 4.92 Å². The average Bonchev–Trinajstić information content (AvgIpc) is 3.27. The number of benzene rings is 1. The Labute approximate surface area is 115 Å². The third-order valence-corrected chi connectivity index (χ3v) is 3.19. The topological polar surface area (TPSA) is 122 Å². The molecule has 1 fully saturated rings. The van der Waals surface area contributed by atoms with E-state index in [2.05, 4.69) is 5.43 Å². The normalized spacial score (nSPS) is 13.9. The molecule has 1 aliphatic carbocycles. The van der Waals surface area contributed by atoms with E-state index in [-0.39, 0.29) is 42.0 Å². The van der Waals surface area contributed by atoms with Crippen molar-refractivity contribution in [1.29, 1.82) is 0 Å². The van der Waals surface area contributed by atoms with Crippen LogP contribution in [0.3, 0.4) is 0 Å². The van der Waals surface area contributed by atoms with Gasteiger partial charge in [-0.2, -0.15) is 0 Å². The van der Waals surface area contributed by atoms with Crippen molar-refractivity contribution in [3.8, 4) is 0 Å². The SMILES string of the molecule is NNc1ccc(C(=O)N(CCO)C2CC2)cc1[N+](=O)[O-]. The smallest absolute Gasteiger partial charge is 0.294 e. The first-order valence-corrected chi connectivity index (χ1v) is 6.25. The van der Waals surface area contributed by atoms with Crippen LogP contribution in [-0.4, -0.2) is 40.0 Å². The molecule has 108 valence electrons. The van der Waals surface area contributed by atoms with Crippen molar-refractivity contribution in [3.05, 3.63) is 33.9 Å². The van der Waals surface area contributed by atoms with Gasteiger partial charge in [-0.1, -0.05) is 0 Å². The molecule has 20 heavy (non-hydrogen) atoms. The Kier molecular flexibility index (Phi) is 4.16. The number of hydrogen-bond donors (Lipinski definition) is 3. The highest BCUT2D eigenvalue weighted by molar-refractivity contribution is 5.96. The summed E-state index contributed by atoms with van der Waals surface area (Å²) in [7, 11) is 0. The van der Waals surface area contributed by atoms with Crippen LogP contribution in [0.4, 0.5) is 11.4 Å². The molecule has 1 aromatic carbocycles. The lowest BCUT2D eigenvalue weighted by molar-refractivity contribution is -0.384. The van der Waals surface area contributed by atoms with Crippen molar-refractivity contribution in [1.82, 2.24) is 4.90 Å². The number of carbonyl (C=O) groups is 1. The molecule has 1 aromatic rings. The molecule has 2 rings (SSSR count). The Bertz CT molecular complexity index is 530. The van der Waals surface area contributed by atoms with E-state index in [0.717, 1.165) is 12.8 Å². The van der Waals surface area contributed by atoms with Crippen molar-refractivity contribution in [2.24, 2.45) is 5.84 Å². The first kappa shape index (κ1) is 14.2. The third kappa shape index (κ3) is 2.86. The Balaban J connectivity index is 2.29. The molecule has 4 N–H and O–H groups in total. The van der Waals surface area contributed by atoms with Gasteiger partial charge in [0.15, 0.2) is 0 Å². The van der Waals surface area contributed by atoms with Crippen molar-refractivity contribution in [2.75, 3.05) is 18.6 Å². The molecular weight excluding hydrogens is 264 g/mol. The second-order valence-corrected chi connectivity index (χ2v) is 4.59. The van der Waals surface area contributed by atoms with Crippen LogP contribution in [0.1, 0.15) is 23.2 Å². The van der Waals surface area contributed by atoms with Crippen LogP contribution in [0.5, 0.6) is 0 Å². The number of carbonyl (C=O) groups excluding carboxylic acids is 1. The second-order valence-electron chi connectivity index (χ2n) is 4.59. The number of nitrogens with two attached hydrogens (primary N) is 1. The predicted molar refractivity (Wildman–Crippen MR) is 72.1 cm³/mol. The molecule has 0 spiro atoms. The number of rotatable bonds is 6. The summed E-state index contributed by atoms with van der Waals surface area (Å²) in [4.78, 5) is 24.2. The Morgan fingerprint density at radius 3 is 2.75 bits per heavy atom. The number of nitrogens with one attached hydrogen (secondary N) is 1. The average molecular weight is 280 g/mol. The Morgan fingerprint density at radius 2 is 2.25 bits per heavy atom. The summed E-state index contributed by atoms with van der Waals surface area (Å²) in [6.45, 7) is 0.0982. The molecule has 0 bridgehead atoms. The van der Waals surface area contributed by atoms with Gasteiger partial charge in [0.25, 0.3) is 11.6 Å². The quantitative estimate of drug-likeness (QED) is 0.396. The zero-order valence-corrected chi connectivity index (χ0v) is 10.8. The van der Waals surface area contributed by atoms with E-state index in [9.17, 15) is 14.9 Å². The van der Waals surface area contributed by atoms with E-state index in [0.29, 0.717) is 0 Å². The number of anilines is 1. The maximum Gasteiger partial charge on any atom is 0.294 e. The van der Waals surface area contributed by atoms with Gasteiger partial charge in [-0.3, -0.25) is 20.8 Å². The number of nitrogens with zero attached hydrogens (tertiary/aromatic N) is 2. The van der Waals surface area contributed by atoms with Crippen LogP contribution >= 0.6 is 0 Å². The number of hydrogen-bond acceptors (Lipinski definition) is 6. The lowest BCUT2D eigenvalue weighted by Gasteiger charge is -2.21. The molecule has 0 heterocycles. The molecular formula is C12H16N4O4. The molecule has 0 aliphatic heterocycles. The number of hydrazine groups is 1. The van der Waals surface area contributed by atoms with Gasteiger partial charge in [-0.05, 0) is 25.0 Å². The number of aliphatic hydroxyl groups excluding tert-OH is 1. The van der Waals surface area contributed by atoms with Gasteiger partial charge in [-0.25, -0.2) is 0 Å². The molecule has 8 heteroatoms. The number of aliphatic hydroxyl groups is 1. The summed E-state index contributed by atoms with van der Waals surface area (Å²) in [6.07, 6.45) is 1.80. The molecule has 0 aromatic heterocycles. The van der Waals surface area contributed by atoms with Gasteiger partial charge in [0.2, 0.25) is 0 Å². The summed E-state index contributed by atoms with van der Waals surface area (Å²) >= 11 is 0. The summed E-state index contributed by atoms with van der Waals surface area (Å²) in [5.41, 5.74) is 2.34. The zero-order chi connectivity index (χ0) is 14.7. The maximum atomic E-state index is 12.3. The highest BCUT2D eigenvalue weighted by Gasteiger charge is 2.33. The predicted octanol–water partition coefficient (Wildman–Crippen LogP) is 0.477. The van der Waals surface area contributed by atoms with Crippen LogP contribution in [-0.2, 0) is 0 Å². The standard InChI is InChI=1S/C12H16N4O4/c13-14-10-4-1-8(7-11(10)16(19)20)12(18)15(5-6-17)9-2-3-9/h1,4,7,9,14,17H,2-3,5-6,13H2. The maximum absolute atomic E-state index is 12.3. The molecule has 8 nitrogen and oxygen atoms in total. The van der Waals surface area contributed by atoms with E-state index in [1.807, 2.05) is 0 Å². The number of amides is 1. The first-order valence-electron chi connectivity index (χ1n) is 6.25. The minimum atomic E-state index is -0.598. The fourth-order valence-corrected chi connectivity index (χ4v) is 2.05. The van der Waals surface area contributed by atoms with E-state index in [1.54, 1.807) is 4.90 Å². The Morgan fingerprint density at radius 1 is 1.55 bits per heavy atom. The van der Waals surface area contributed by atoms with Crippen LogP contribution in [0, 0.1) is 10.1 Å². The summed E-state index contributed by atoms with van der Waals surface area (Å²) in [5.74, 6) is 4.89. The van der Waals surface area contributed by atoms with Crippen molar-refractivity contribution < 1.29 is 14.8 Å². The zero-order valence-electron chi connectivity index (χ0n) is 10.8. The minimum absolute atomic E-state index is 0.126. The molecule has 0 radical (unpaired) electrons. The van der Waals surface area contributed by atoms with E-state index >= 15 is 0 Å². The molecule has 0 atom stereocenters. The van der Waals surface area contributed by atoms with Gasteiger partial charge in [-0.15, -0.1) is 0 Å². The number of nitro benzene ring substituents is 1. The van der Waals surface area contributed by atoms with Gasteiger partial charge < -0.3 is 15.4 Å². The second kappa shape index (κ2) is 5.85. The largest absolute Gasteiger partial charge is 0.395 e. The van der Waals surface area contributed by atoms with E-state index in [1.165, 1.54) is 18.2 Å². The highest BCUT2D eigenvalue weighted by atomic mass is 16.6. The van der Waals surface area contributed by atoms with Crippen LogP contribution in [0.15, 0.2) is 18.2 Å². The number of nitrogen functional groups attached to an aromatic ring is 1. The van der Waals surface area contributed by atoms with Crippen LogP contribution < -0.4 is 11.3 Å². The van der Waals surface area contributed by atoms with Gasteiger partial charge in [0.1, 0.15) is 5.69 Å². The van der Waals surface area contributed by atoms with Crippen molar-refractivity contribution >= 4 is 17.3 Å². The minimum Gasteiger partial charge on any atom is -0.395 e.